The van der Waals surface area contributed by atoms with Crippen LogP contribution >= 0.6 is 0 Å². The number of aromatic hydroxyl groups is 1. The molecule has 4 nitrogen and oxygen atoms in total. The van der Waals surface area contributed by atoms with Crippen molar-refractivity contribution in [1.29, 1.82) is 0 Å². The number of rotatable bonds is 6. The average molecular weight is 320 g/mol. The Labute approximate surface area is 140 Å². The molecule has 1 rings (SSSR count). The molecular weight excluding hydrogens is 288 g/mol. The molecule has 0 aliphatic rings. The van der Waals surface area contributed by atoms with Crippen LogP contribution in [0.2, 0.25) is 0 Å². The first-order valence-electron chi connectivity index (χ1n) is 8.26. The van der Waals surface area contributed by atoms with Gasteiger partial charge in [0.25, 0.3) is 0 Å². The predicted octanol–water partition coefficient (Wildman–Crippen LogP) is 2.99. The Bertz CT molecular complexity index is 538. The third-order valence-electron chi connectivity index (χ3n) is 3.75. The lowest BCUT2D eigenvalue weighted by molar-refractivity contribution is 0.293. The van der Waals surface area contributed by atoms with Gasteiger partial charge in [-0.25, -0.2) is 0 Å². The minimum atomic E-state index is -0.128. The number of hydrogen-bond acceptors (Lipinski definition) is 4. The Morgan fingerprint density at radius 2 is 1.70 bits per heavy atom. The number of phenolic OH excluding ortho intramolecular Hbond substituents is 1. The maximum Gasteiger partial charge on any atom is 0.128 e. The number of phenols is 1. The summed E-state index contributed by atoms with van der Waals surface area (Å²) in [6.45, 7) is 14.9. The van der Waals surface area contributed by atoms with Crippen molar-refractivity contribution in [1.82, 2.24) is 5.32 Å². The normalized spacial score (nSPS) is 13.0. The van der Waals surface area contributed by atoms with E-state index in [4.69, 9.17) is 5.11 Å². The Kier molecular flexibility index (Phi) is 6.78. The van der Waals surface area contributed by atoms with Gasteiger partial charge in [-0.3, -0.25) is 4.99 Å². The van der Waals surface area contributed by atoms with Gasteiger partial charge in [0.05, 0.1) is 13.2 Å². The molecule has 130 valence electrons. The molecule has 0 heterocycles. The largest absolute Gasteiger partial charge is 0.507 e. The van der Waals surface area contributed by atoms with Gasteiger partial charge in [0.2, 0.25) is 0 Å². The van der Waals surface area contributed by atoms with E-state index in [9.17, 15) is 5.11 Å². The molecule has 0 aromatic heterocycles. The summed E-state index contributed by atoms with van der Waals surface area (Å²) in [5.74, 6) is 0.317. The first kappa shape index (κ1) is 19.7. The number of hydrogen-bond donors (Lipinski definition) is 3. The van der Waals surface area contributed by atoms with E-state index in [2.05, 4.69) is 57.9 Å². The van der Waals surface area contributed by atoms with Gasteiger partial charge in [0.1, 0.15) is 5.75 Å². The van der Waals surface area contributed by atoms with Crippen LogP contribution in [0.25, 0.3) is 0 Å². The van der Waals surface area contributed by atoms with Crippen molar-refractivity contribution in [2.45, 2.75) is 52.4 Å². The Morgan fingerprint density at radius 3 is 2.22 bits per heavy atom. The van der Waals surface area contributed by atoms with Crippen molar-refractivity contribution in [3.8, 4) is 5.75 Å². The van der Waals surface area contributed by atoms with Crippen LogP contribution in [-0.4, -0.2) is 42.7 Å². The fourth-order valence-electron chi connectivity index (χ4n) is 2.27. The second-order valence-electron chi connectivity index (χ2n) is 7.97. The molecule has 0 aliphatic heterocycles. The average Bonchev–Trinajstić information content (AvgIpc) is 2.41. The van der Waals surface area contributed by atoms with Crippen LogP contribution in [0.3, 0.4) is 0 Å². The minimum absolute atomic E-state index is 0.0129. The summed E-state index contributed by atoms with van der Waals surface area (Å²) in [5, 5.41) is 22.4. The maximum absolute atomic E-state index is 10.6. The van der Waals surface area contributed by atoms with Gasteiger partial charge < -0.3 is 15.5 Å². The van der Waals surface area contributed by atoms with Crippen LogP contribution in [0.1, 0.15) is 58.2 Å². The standard InChI is InChI=1S/C19H32N2O2/c1-18(2,3)15-11-14(13-21-8-7-20-9-10-22)17(23)16(12-15)19(4,5)6/h11-13,20,22-23H,7-10H2,1-6H3. The summed E-state index contributed by atoms with van der Waals surface area (Å²) < 4.78 is 0. The van der Waals surface area contributed by atoms with Crippen LogP contribution in [0.4, 0.5) is 0 Å². The molecule has 0 radical (unpaired) electrons. The third kappa shape index (κ3) is 5.96. The molecule has 1 aromatic rings. The fraction of sp³-hybridized carbons (Fsp3) is 0.632. The van der Waals surface area contributed by atoms with Crippen molar-refractivity contribution in [2.75, 3.05) is 26.2 Å². The predicted molar refractivity (Wildman–Crippen MR) is 97.9 cm³/mol. The minimum Gasteiger partial charge on any atom is -0.507 e. The smallest absolute Gasteiger partial charge is 0.128 e. The third-order valence-corrected chi connectivity index (χ3v) is 3.75. The first-order valence-corrected chi connectivity index (χ1v) is 8.26. The van der Waals surface area contributed by atoms with E-state index in [0.717, 1.165) is 11.1 Å². The summed E-state index contributed by atoms with van der Waals surface area (Å²) in [6.07, 6.45) is 1.75. The van der Waals surface area contributed by atoms with Gasteiger partial charge >= 0.3 is 0 Å². The highest BCUT2D eigenvalue weighted by Crippen LogP contribution is 2.36. The second-order valence-corrected chi connectivity index (χ2v) is 7.97. The molecule has 0 aliphatic carbocycles. The highest BCUT2D eigenvalue weighted by molar-refractivity contribution is 5.85. The lowest BCUT2D eigenvalue weighted by Gasteiger charge is -2.27. The molecule has 0 amide bonds. The van der Waals surface area contributed by atoms with Crippen molar-refractivity contribution in [3.63, 3.8) is 0 Å². The monoisotopic (exact) mass is 320 g/mol. The molecule has 0 fully saturated rings. The molecule has 3 N–H and O–H groups in total. The van der Waals surface area contributed by atoms with Gasteiger partial charge in [-0.15, -0.1) is 0 Å². The van der Waals surface area contributed by atoms with Gasteiger partial charge in [-0.05, 0) is 22.5 Å². The van der Waals surface area contributed by atoms with Crippen LogP contribution < -0.4 is 5.32 Å². The highest BCUT2D eigenvalue weighted by Gasteiger charge is 2.24. The van der Waals surface area contributed by atoms with Gasteiger partial charge in [-0.1, -0.05) is 47.6 Å². The zero-order valence-electron chi connectivity index (χ0n) is 15.4. The number of nitrogens with zero attached hydrogens (tertiary/aromatic N) is 1. The van der Waals surface area contributed by atoms with Crippen LogP contribution in [0.5, 0.6) is 5.75 Å². The number of aliphatic imine (C=N–C) groups is 1. The summed E-state index contributed by atoms with van der Waals surface area (Å²) in [4.78, 5) is 4.39. The molecule has 4 heteroatoms. The van der Waals surface area contributed by atoms with E-state index in [1.807, 2.05) is 6.07 Å². The van der Waals surface area contributed by atoms with E-state index < -0.39 is 0 Å². The van der Waals surface area contributed by atoms with E-state index >= 15 is 0 Å². The summed E-state index contributed by atoms with van der Waals surface area (Å²) >= 11 is 0. The number of aliphatic hydroxyl groups is 1. The van der Waals surface area contributed by atoms with Crippen molar-refractivity contribution in [3.05, 3.63) is 28.8 Å². The summed E-state index contributed by atoms with van der Waals surface area (Å²) in [6, 6.07) is 4.13. The lowest BCUT2D eigenvalue weighted by atomic mass is 9.79. The second kappa shape index (κ2) is 7.93. The van der Waals surface area contributed by atoms with Crippen LogP contribution in [0, 0.1) is 0 Å². The van der Waals surface area contributed by atoms with Crippen LogP contribution in [-0.2, 0) is 10.8 Å². The Morgan fingerprint density at radius 1 is 1.04 bits per heavy atom. The maximum atomic E-state index is 10.6. The fourth-order valence-corrected chi connectivity index (χ4v) is 2.27. The topological polar surface area (TPSA) is 64.9 Å². The molecule has 0 saturated carbocycles. The summed E-state index contributed by atoms with van der Waals surface area (Å²) in [7, 11) is 0. The molecule has 0 spiro atoms. The van der Waals surface area contributed by atoms with Crippen molar-refractivity contribution in [2.24, 2.45) is 4.99 Å². The SMILES string of the molecule is CC(C)(C)c1cc(C=NCCNCCO)c(O)c(C(C)(C)C)c1. The molecule has 0 bridgehead atoms. The zero-order chi connectivity index (χ0) is 17.7. The Balaban J connectivity index is 3.08. The molecule has 0 unspecified atom stereocenters. The van der Waals surface area contributed by atoms with E-state index in [1.54, 1.807) is 6.21 Å². The number of nitrogens with one attached hydrogen (secondary N) is 1. The zero-order valence-corrected chi connectivity index (χ0v) is 15.4. The lowest BCUT2D eigenvalue weighted by Crippen LogP contribution is -2.21. The molecule has 0 saturated heterocycles. The molecule has 0 atom stereocenters. The highest BCUT2D eigenvalue weighted by atomic mass is 16.3. The van der Waals surface area contributed by atoms with E-state index in [-0.39, 0.29) is 17.4 Å². The van der Waals surface area contributed by atoms with Gasteiger partial charge in [0, 0.05) is 30.4 Å². The van der Waals surface area contributed by atoms with E-state index in [0.29, 0.717) is 25.4 Å². The van der Waals surface area contributed by atoms with E-state index in [1.165, 1.54) is 5.56 Å². The molecule has 1 aromatic carbocycles. The van der Waals surface area contributed by atoms with Gasteiger partial charge in [-0.2, -0.15) is 0 Å². The summed E-state index contributed by atoms with van der Waals surface area (Å²) in [5.41, 5.74) is 2.80. The van der Waals surface area contributed by atoms with Crippen molar-refractivity contribution < 1.29 is 10.2 Å². The Hall–Kier alpha value is -1.39. The van der Waals surface area contributed by atoms with Crippen molar-refractivity contribution >= 4 is 6.21 Å². The number of aliphatic hydroxyl groups excluding tert-OH is 1. The molecular formula is C19H32N2O2. The van der Waals surface area contributed by atoms with Gasteiger partial charge in [0.15, 0.2) is 0 Å². The first-order chi connectivity index (χ1) is 10.6. The van der Waals surface area contributed by atoms with Crippen LogP contribution in [0.15, 0.2) is 17.1 Å². The number of benzene rings is 1. The molecule has 23 heavy (non-hydrogen) atoms. The quantitative estimate of drug-likeness (QED) is 0.558.